The number of rotatable bonds is 42. The number of unbranched alkanes of at least 4 members (excludes halogenated alkanes) is 10. The molecule has 3 N–H and O–H groups in total. The standard InChI is InChI=1S/C51H78N6O21/c1-37(2)43(61)73-32-29-70-40(58)21-13-11-19-27-76-46(64)52-23-15-7-9-17-25-55-49(67)56(51(69)57(50(55)68)36-54-48(66)78-35-42(60)72-31-34-75-45(63)39(5)6)26-18-10-8-16-24-53-47(65)77-28-20-12-14-22-41(59)71-30-33-74-44(62)38(3)4/h1,3,5,7-36H2,2,4,6H3,(H,52,64)(H,53,65)(H,54,66). The van der Waals surface area contributed by atoms with E-state index in [2.05, 4.69) is 35.7 Å². The monoisotopic (exact) mass is 1110 g/mol. The van der Waals surface area contributed by atoms with Gasteiger partial charge in [0.25, 0.3) is 0 Å². The maximum Gasteiger partial charge on any atom is 0.409 e. The van der Waals surface area contributed by atoms with Gasteiger partial charge in [-0.05, 0) is 85.0 Å². The minimum absolute atomic E-state index is 0.0595. The van der Waals surface area contributed by atoms with E-state index < -0.39 is 84.4 Å². The summed E-state index contributed by atoms with van der Waals surface area (Å²) in [6.07, 6.45) is 5.21. The quantitative estimate of drug-likeness (QED) is 0.0365. The first-order chi connectivity index (χ1) is 37.2. The molecule has 0 spiro atoms. The van der Waals surface area contributed by atoms with Crippen molar-refractivity contribution in [3.8, 4) is 0 Å². The van der Waals surface area contributed by atoms with Crippen LogP contribution in [0.5, 0.6) is 0 Å². The van der Waals surface area contributed by atoms with Gasteiger partial charge >= 0.3 is 71.2 Å². The van der Waals surface area contributed by atoms with Gasteiger partial charge in [-0.2, -0.15) is 0 Å². The molecule has 0 fully saturated rings. The normalized spacial score (nSPS) is 10.5. The van der Waals surface area contributed by atoms with Crippen LogP contribution in [0.4, 0.5) is 14.4 Å². The van der Waals surface area contributed by atoms with Crippen molar-refractivity contribution in [2.75, 3.05) is 72.6 Å². The van der Waals surface area contributed by atoms with Crippen molar-refractivity contribution in [2.45, 2.75) is 143 Å². The van der Waals surface area contributed by atoms with Gasteiger partial charge in [0.1, 0.15) is 46.3 Å². The van der Waals surface area contributed by atoms with Crippen LogP contribution >= 0.6 is 0 Å². The topological polar surface area (TPSA) is 339 Å². The molecule has 0 unspecified atom stereocenters. The maximum atomic E-state index is 13.6. The second-order valence-electron chi connectivity index (χ2n) is 17.5. The number of nitrogens with one attached hydrogen (secondary N) is 3. The van der Waals surface area contributed by atoms with Crippen LogP contribution < -0.4 is 33.0 Å². The van der Waals surface area contributed by atoms with Crippen LogP contribution in [0.1, 0.15) is 124 Å². The Morgan fingerprint density at radius 2 is 0.692 bits per heavy atom. The van der Waals surface area contributed by atoms with E-state index in [0.29, 0.717) is 108 Å². The van der Waals surface area contributed by atoms with E-state index in [9.17, 15) is 57.5 Å². The third-order valence-corrected chi connectivity index (χ3v) is 10.5. The Hall–Kier alpha value is -7.74. The number of carbonyl (C=O) groups is 9. The Bertz CT molecular complexity index is 2220. The third kappa shape index (κ3) is 32.6. The van der Waals surface area contributed by atoms with Crippen molar-refractivity contribution in [2.24, 2.45) is 0 Å². The Labute approximate surface area is 452 Å². The molecule has 1 heterocycles. The Balaban J connectivity index is 2.61. The number of alkyl carbamates (subject to hydrolysis) is 3. The molecule has 1 rings (SSSR count). The van der Waals surface area contributed by atoms with Crippen molar-refractivity contribution >= 4 is 54.1 Å². The number of nitrogens with zero attached hydrogens (tertiary/aromatic N) is 3. The Kier molecular flexibility index (Phi) is 36.3. The molecule has 0 aliphatic carbocycles. The van der Waals surface area contributed by atoms with Gasteiger partial charge in [-0.25, -0.2) is 61.6 Å². The van der Waals surface area contributed by atoms with Crippen LogP contribution in [0, 0.1) is 0 Å². The first-order valence-electron chi connectivity index (χ1n) is 25.9. The van der Waals surface area contributed by atoms with Crippen molar-refractivity contribution in [1.29, 1.82) is 0 Å². The van der Waals surface area contributed by atoms with Gasteiger partial charge in [-0.1, -0.05) is 45.4 Å². The predicted molar refractivity (Wildman–Crippen MR) is 276 cm³/mol. The number of ether oxygens (including phenoxy) is 9. The largest absolute Gasteiger partial charge is 0.462 e. The molecule has 0 aliphatic rings. The number of hydrogen-bond donors (Lipinski definition) is 3. The van der Waals surface area contributed by atoms with Crippen LogP contribution in [-0.4, -0.2) is 140 Å². The molecule has 3 amide bonds. The highest BCUT2D eigenvalue weighted by atomic mass is 16.6. The molecular formula is C51H78N6O21. The van der Waals surface area contributed by atoms with Crippen LogP contribution in [0.25, 0.3) is 0 Å². The van der Waals surface area contributed by atoms with Gasteiger partial charge in [-0.3, -0.25) is 9.59 Å². The van der Waals surface area contributed by atoms with Crippen LogP contribution in [-0.2, 0) is 91.2 Å². The summed E-state index contributed by atoms with van der Waals surface area (Å²) in [5.41, 5.74) is -2.21. The summed E-state index contributed by atoms with van der Waals surface area (Å²) < 4.78 is 46.9. The zero-order chi connectivity index (χ0) is 58.1. The SMILES string of the molecule is C=C(C)C(=O)OCCOC(=O)CCCCCOC(=O)NCCCCCCn1c(=O)n(CCCCCCNC(=O)OCCCCCC(=O)OCCOC(=O)C(=C)C)c(=O)n(CNC(=O)OCC(=O)OCCOC(=O)C(=C)C)c1=O. The lowest BCUT2D eigenvalue weighted by molar-refractivity contribution is -0.152. The molecule has 1 aromatic rings. The van der Waals surface area contributed by atoms with Crippen molar-refractivity contribution in [1.82, 2.24) is 29.7 Å². The fourth-order valence-corrected chi connectivity index (χ4v) is 6.35. The number of amides is 3. The first-order valence-corrected chi connectivity index (χ1v) is 25.9. The van der Waals surface area contributed by atoms with Gasteiger partial charge in [0.2, 0.25) is 0 Å². The van der Waals surface area contributed by atoms with E-state index in [1.807, 2.05) is 0 Å². The molecule has 27 heteroatoms. The molecule has 0 bridgehead atoms. The molecule has 0 aliphatic heterocycles. The smallest absolute Gasteiger partial charge is 0.409 e. The van der Waals surface area contributed by atoms with Crippen LogP contribution in [0.15, 0.2) is 50.8 Å². The van der Waals surface area contributed by atoms with Crippen molar-refractivity contribution < 1.29 is 85.8 Å². The van der Waals surface area contributed by atoms with E-state index in [-0.39, 0.29) is 95.5 Å². The van der Waals surface area contributed by atoms with E-state index in [1.165, 1.54) is 20.8 Å². The molecular weight excluding hydrogens is 1030 g/mol. The van der Waals surface area contributed by atoms with E-state index in [0.717, 1.165) is 9.13 Å². The average molecular weight is 1110 g/mol. The van der Waals surface area contributed by atoms with Crippen LogP contribution in [0.2, 0.25) is 0 Å². The van der Waals surface area contributed by atoms with Gasteiger partial charge < -0.3 is 58.6 Å². The fraction of sp³-hybridized carbons (Fsp3) is 0.647. The summed E-state index contributed by atoms with van der Waals surface area (Å²) in [5.74, 6) is -3.66. The van der Waals surface area contributed by atoms with Crippen LogP contribution in [0.3, 0.4) is 0 Å². The van der Waals surface area contributed by atoms with E-state index in [4.69, 9.17) is 42.6 Å². The summed E-state index contributed by atoms with van der Waals surface area (Å²) in [7, 11) is 0. The summed E-state index contributed by atoms with van der Waals surface area (Å²) >= 11 is 0. The molecule has 0 saturated carbocycles. The maximum absolute atomic E-state index is 13.6. The molecule has 0 aromatic carbocycles. The summed E-state index contributed by atoms with van der Waals surface area (Å²) in [6.45, 7) is 13.1. The Morgan fingerprint density at radius 1 is 0.359 bits per heavy atom. The highest BCUT2D eigenvalue weighted by molar-refractivity contribution is 5.87. The fourth-order valence-electron chi connectivity index (χ4n) is 6.35. The van der Waals surface area contributed by atoms with Crippen molar-refractivity contribution in [3.05, 3.63) is 67.9 Å². The lowest BCUT2D eigenvalue weighted by atomic mass is 10.2. The number of esters is 6. The number of aromatic nitrogens is 3. The summed E-state index contributed by atoms with van der Waals surface area (Å²) in [6, 6.07) is 0. The molecule has 0 saturated heterocycles. The van der Waals surface area contributed by atoms with Gasteiger partial charge in [0.05, 0.1) is 13.2 Å². The van der Waals surface area contributed by atoms with Gasteiger partial charge in [0.15, 0.2) is 6.61 Å². The van der Waals surface area contributed by atoms with Gasteiger partial charge in [-0.15, -0.1) is 0 Å². The molecule has 1 aromatic heterocycles. The molecule has 0 atom stereocenters. The lowest BCUT2D eigenvalue weighted by Crippen LogP contribution is -2.56. The summed E-state index contributed by atoms with van der Waals surface area (Å²) in [5, 5.41) is 7.51. The van der Waals surface area contributed by atoms with E-state index >= 15 is 0 Å². The molecule has 78 heavy (non-hydrogen) atoms. The Morgan fingerprint density at radius 3 is 1.09 bits per heavy atom. The second kappa shape index (κ2) is 41.4. The van der Waals surface area contributed by atoms with Crippen molar-refractivity contribution in [3.63, 3.8) is 0 Å². The number of carbonyl (C=O) groups excluding carboxylic acids is 9. The minimum atomic E-state index is -1.19. The highest BCUT2D eigenvalue weighted by Crippen LogP contribution is 2.06. The third-order valence-electron chi connectivity index (χ3n) is 10.5. The lowest BCUT2D eigenvalue weighted by Gasteiger charge is -2.15. The van der Waals surface area contributed by atoms with E-state index in [1.54, 1.807) is 0 Å². The highest BCUT2D eigenvalue weighted by Gasteiger charge is 2.18. The zero-order valence-corrected chi connectivity index (χ0v) is 45.2. The van der Waals surface area contributed by atoms with Gasteiger partial charge in [0, 0.05) is 55.7 Å². The first kappa shape index (κ1) is 68.3. The zero-order valence-electron chi connectivity index (χ0n) is 45.2. The summed E-state index contributed by atoms with van der Waals surface area (Å²) in [4.78, 5) is 147. The average Bonchev–Trinajstić information content (AvgIpc) is 3.42. The predicted octanol–water partition coefficient (Wildman–Crippen LogP) is 3.54. The number of hydrogen-bond acceptors (Lipinski definition) is 21. The minimum Gasteiger partial charge on any atom is -0.462 e. The second-order valence-corrected chi connectivity index (χ2v) is 17.5. The molecule has 438 valence electrons. The molecule has 0 radical (unpaired) electrons. The molecule has 27 nitrogen and oxygen atoms in total.